The molecule has 3 N–H and O–H groups in total. The number of anilines is 1. The van der Waals surface area contributed by atoms with Gasteiger partial charge in [-0.2, -0.15) is 22.5 Å². The van der Waals surface area contributed by atoms with Crippen LogP contribution in [0.1, 0.15) is 25.1 Å². The molecule has 1 heterocycles. The van der Waals surface area contributed by atoms with E-state index in [1.165, 1.54) is 0 Å². The maximum atomic E-state index is 12.2. The molecule has 4 nitrogen and oxygen atoms in total. The van der Waals surface area contributed by atoms with E-state index in [2.05, 4.69) is 14.7 Å². The fourth-order valence-electron chi connectivity index (χ4n) is 1.72. The Labute approximate surface area is 94.2 Å². The van der Waals surface area contributed by atoms with E-state index in [1.807, 2.05) is 0 Å². The maximum absolute atomic E-state index is 12.2. The number of halogens is 3. The fraction of sp³-hybridized carbons (Fsp3) is 0.750. The van der Waals surface area contributed by atoms with Crippen LogP contribution in [0.2, 0.25) is 0 Å². The Morgan fingerprint density at radius 2 is 2.12 bits per heavy atom. The highest BCUT2D eigenvalue weighted by atomic mass is 32.1. The molecule has 0 spiro atoms. The van der Waals surface area contributed by atoms with Crippen LogP contribution in [0.5, 0.6) is 0 Å². The molecule has 0 amide bonds. The van der Waals surface area contributed by atoms with Crippen molar-refractivity contribution >= 4 is 16.7 Å². The van der Waals surface area contributed by atoms with Crippen molar-refractivity contribution in [1.29, 1.82) is 0 Å². The van der Waals surface area contributed by atoms with Gasteiger partial charge in [0.1, 0.15) is 0 Å². The van der Waals surface area contributed by atoms with Crippen molar-refractivity contribution in [2.45, 2.75) is 37.5 Å². The van der Waals surface area contributed by atoms with Crippen LogP contribution in [0.15, 0.2) is 0 Å². The van der Waals surface area contributed by atoms with Gasteiger partial charge in [0.2, 0.25) is 11.0 Å². The number of hydrogen-bond donors (Lipinski definition) is 2. The van der Waals surface area contributed by atoms with Gasteiger partial charge >= 0.3 is 6.18 Å². The first kappa shape index (κ1) is 11.6. The number of nitrogens with two attached hydrogens (primary N) is 1. The van der Waals surface area contributed by atoms with Crippen LogP contribution >= 0.6 is 11.5 Å². The third-order valence-electron chi connectivity index (χ3n) is 2.56. The maximum Gasteiger partial charge on any atom is 0.452 e. The van der Waals surface area contributed by atoms with E-state index in [4.69, 9.17) is 5.73 Å². The van der Waals surface area contributed by atoms with Crippen molar-refractivity contribution in [3.05, 3.63) is 5.82 Å². The second-order valence-electron chi connectivity index (χ2n) is 3.77. The number of aromatic nitrogens is 2. The molecular formula is C8H11F3N4S. The zero-order valence-electron chi connectivity index (χ0n) is 8.29. The molecular weight excluding hydrogens is 241 g/mol. The standard InChI is InChI=1S/C8H11F3N4S/c9-8(10,11)6-14-7(16-15-6)13-5-3-1-2-4(5)12/h4-5H,1-3,12H2,(H,13,14,15). The molecule has 2 atom stereocenters. The molecule has 1 fully saturated rings. The molecule has 1 aliphatic rings. The van der Waals surface area contributed by atoms with Gasteiger partial charge in [-0.05, 0) is 19.3 Å². The van der Waals surface area contributed by atoms with Gasteiger partial charge in [0.05, 0.1) is 0 Å². The van der Waals surface area contributed by atoms with Crippen molar-refractivity contribution < 1.29 is 13.2 Å². The van der Waals surface area contributed by atoms with Crippen molar-refractivity contribution in [1.82, 2.24) is 9.36 Å². The number of hydrogen-bond acceptors (Lipinski definition) is 5. The lowest BCUT2D eigenvalue weighted by molar-refractivity contribution is -0.144. The van der Waals surface area contributed by atoms with Crippen molar-refractivity contribution in [2.24, 2.45) is 5.73 Å². The Morgan fingerprint density at radius 3 is 2.62 bits per heavy atom. The highest BCUT2D eigenvalue weighted by Gasteiger charge is 2.36. The Kier molecular flexibility index (Phi) is 3.02. The normalized spacial score (nSPS) is 26.0. The monoisotopic (exact) mass is 252 g/mol. The molecule has 90 valence electrons. The summed E-state index contributed by atoms with van der Waals surface area (Å²) in [5.41, 5.74) is 5.79. The molecule has 0 aromatic carbocycles. The topological polar surface area (TPSA) is 63.8 Å². The zero-order chi connectivity index (χ0) is 11.8. The summed E-state index contributed by atoms with van der Waals surface area (Å²) in [4.78, 5) is 3.40. The van der Waals surface area contributed by atoms with Gasteiger partial charge in [-0.1, -0.05) is 0 Å². The molecule has 8 heteroatoms. The minimum absolute atomic E-state index is 0.00836. The minimum Gasteiger partial charge on any atom is -0.356 e. The van der Waals surface area contributed by atoms with E-state index in [9.17, 15) is 13.2 Å². The first-order chi connectivity index (χ1) is 7.47. The number of nitrogens with zero attached hydrogens (tertiary/aromatic N) is 2. The van der Waals surface area contributed by atoms with E-state index >= 15 is 0 Å². The summed E-state index contributed by atoms with van der Waals surface area (Å²) < 4.78 is 39.9. The highest BCUT2D eigenvalue weighted by molar-refractivity contribution is 7.09. The van der Waals surface area contributed by atoms with Gasteiger partial charge < -0.3 is 11.1 Å². The molecule has 1 aliphatic carbocycles. The third kappa shape index (κ3) is 2.43. The van der Waals surface area contributed by atoms with E-state index in [-0.39, 0.29) is 17.2 Å². The summed E-state index contributed by atoms with van der Waals surface area (Å²) in [7, 11) is 0. The van der Waals surface area contributed by atoms with Crippen LogP contribution in [0, 0.1) is 0 Å². The first-order valence-corrected chi connectivity index (χ1v) is 5.67. The average Bonchev–Trinajstić information content (AvgIpc) is 2.76. The Hall–Kier alpha value is -0.890. The summed E-state index contributed by atoms with van der Waals surface area (Å²) in [5.74, 6) is -1.09. The van der Waals surface area contributed by atoms with Crippen LogP contribution in [0.3, 0.4) is 0 Å². The molecule has 1 aromatic heterocycles. The van der Waals surface area contributed by atoms with Gasteiger partial charge in [-0.25, -0.2) is 0 Å². The Bertz CT molecular complexity index is 364. The van der Waals surface area contributed by atoms with Crippen molar-refractivity contribution in [3.63, 3.8) is 0 Å². The second kappa shape index (κ2) is 4.17. The number of nitrogens with one attached hydrogen (secondary N) is 1. The van der Waals surface area contributed by atoms with Gasteiger partial charge in [-0.3, -0.25) is 0 Å². The van der Waals surface area contributed by atoms with E-state index in [0.29, 0.717) is 0 Å². The number of alkyl halides is 3. The van der Waals surface area contributed by atoms with E-state index in [1.54, 1.807) is 0 Å². The molecule has 16 heavy (non-hydrogen) atoms. The lowest BCUT2D eigenvalue weighted by atomic mass is 10.2. The molecule has 0 saturated heterocycles. The quantitative estimate of drug-likeness (QED) is 0.843. The van der Waals surface area contributed by atoms with Gasteiger partial charge in [-0.15, -0.1) is 0 Å². The molecule has 1 saturated carbocycles. The predicted octanol–water partition coefficient (Wildman–Crippen LogP) is 1.85. The van der Waals surface area contributed by atoms with Crippen LogP contribution in [-0.4, -0.2) is 21.4 Å². The lowest BCUT2D eigenvalue weighted by Gasteiger charge is -2.15. The summed E-state index contributed by atoms with van der Waals surface area (Å²) in [6.45, 7) is 0. The number of rotatable bonds is 2. The van der Waals surface area contributed by atoms with Gasteiger partial charge in [0.25, 0.3) is 0 Å². The predicted molar refractivity (Wildman–Crippen MR) is 54.1 cm³/mol. The highest BCUT2D eigenvalue weighted by Crippen LogP contribution is 2.30. The largest absolute Gasteiger partial charge is 0.452 e. The summed E-state index contributed by atoms with van der Waals surface area (Å²) in [6.07, 6.45) is -1.73. The van der Waals surface area contributed by atoms with Gasteiger partial charge in [0, 0.05) is 23.6 Å². The Morgan fingerprint density at radius 1 is 1.38 bits per heavy atom. The van der Waals surface area contributed by atoms with Crippen LogP contribution in [0.4, 0.5) is 18.3 Å². The van der Waals surface area contributed by atoms with Crippen LogP contribution in [-0.2, 0) is 6.18 Å². The van der Waals surface area contributed by atoms with Gasteiger partial charge in [0.15, 0.2) is 0 Å². The van der Waals surface area contributed by atoms with E-state index in [0.717, 1.165) is 30.8 Å². The summed E-state index contributed by atoms with van der Waals surface area (Å²) in [5, 5.41) is 3.09. The van der Waals surface area contributed by atoms with E-state index < -0.39 is 12.0 Å². The van der Waals surface area contributed by atoms with Crippen molar-refractivity contribution in [3.8, 4) is 0 Å². The third-order valence-corrected chi connectivity index (χ3v) is 3.20. The SMILES string of the molecule is NC1CCCC1Nc1nc(C(F)(F)F)ns1. The smallest absolute Gasteiger partial charge is 0.356 e. The molecule has 0 aliphatic heterocycles. The summed E-state index contributed by atoms with van der Waals surface area (Å²) in [6, 6.07) is -0.00716. The van der Waals surface area contributed by atoms with Crippen molar-refractivity contribution in [2.75, 3.05) is 5.32 Å². The molecule has 1 aromatic rings. The molecule has 0 radical (unpaired) electrons. The lowest BCUT2D eigenvalue weighted by Crippen LogP contribution is -2.35. The fourth-order valence-corrected chi connectivity index (χ4v) is 2.37. The molecule has 2 rings (SSSR count). The minimum atomic E-state index is -4.48. The molecule has 2 unspecified atom stereocenters. The molecule has 0 bridgehead atoms. The first-order valence-electron chi connectivity index (χ1n) is 4.90. The van der Waals surface area contributed by atoms with Crippen LogP contribution in [0.25, 0.3) is 0 Å². The zero-order valence-corrected chi connectivity index (χ0v) is 9.11. The average molecular weight is 252 g/mol. The summed E-state index contributed by atoms with van der Waals surface area (Å²) >= 11 is 0.718. The Balaban J connectivity index is 2.03. The van der Waals surface area contributed by atoms with Crippen LogP contribution < -0.4 is 11.1 Å². The second-order valence-corrected chi connectivity index (χ2v) is 4.52.